The van der Waals surface area contributed by atoms with Crippen molar-refractivity contribution in [1.82, 2.24) is 14.6 Å². The summed E-state index contributed by atoms with van der Waals surface area (Å²) in [5, 5.41) is 8.13. The monoisotopic (exact) mass is 294 g/mol. The second-order valence-electron chi connectivity index (χ2n) is 5.81. The van der Waals surface area contributed by atoms with Crippen LogP contribution in [-0.4, -0.2) is 26.0 Å². The molecular weight excluding hydrogens is 272 g/mol. The smallest absolute Gasteiger partial charge is 0.152 e. The summed E-state index contributed by atoms with van der Waals surface area (Å²) >= 11 is 5.92. The highest BCUT2D eigenvalue weighted by molar-refractivity contribution is 6.17. The van der Waals surface area contributed by atoms with Gasteiger partial charge in [0.1, 0.15) is 5.52 Å². The first-order valence-corrected chi connectivity index (χ1v) is 7.71. The maximum Gasteiger partial charge on any atom is 0.152 e. The van der Waals surface area contributed by atoms with Gasteiger partial charge in [0, 0.05) is 23.8 Å². The third-order valence-corrected chi connectivity index (χ3v) is 4.04. The maximum absolute atomic E-state index is 5.92. The van der Waals surface area contributed by atoms with Crippen molar-refractivity contribution in [2.75, 3.05) is 11.2 Å². The molecule has 5 heteroatoms. The molecule has 0 spiro atoms. The highest BCUT2D eigenvalue weighted by atomic mass is 35.5. The second-order valence-corrected chi connectivity index (χ2v) is 6.19. The Hall–Kier alpha value is -1.29. The molecule has 1 atom stereocenters. The lowest BCUT2D eigenvalue weighted by Gasteiger charge is -2.29. The van der Waals surface area contributed by atoms with Gasteiger partial charge in [0.25, 0.3) is 0 Å². The molecule has 0 fully saturated rings. The van der Waals surface area contributed by atoms with E-state index < -0.39 is 0 Å². The van der Waals surface area contributed by atoms with Crippen LogP contribution in [0.25, 0.3) is 5.52 Å². The van der Waals surface area contributed by atoms with Gasteiger partial charge in [0.15, 0.2) is 5.82 Å². The van der Waals surface area contributed by atoms with Crippen molar-refractivity contribution in [2.45, 2.75) is 52.0 Å². The number of hydrogen-bond acceptors (Lipinski definition) is 3. The van der Waals surface area contributed by atoms with E-state index >= 15 is 0 Å². The summed E-state index contributed by atoms with van der Waals surface area (Å²) in [4.78, 5) is 4.48. The topological polar surface area (TPSA) is 42.2 Å². The van der Waals surface area contributed by atoms with Gasteiger partial charge in [-0.25, -0.2) is 9.50 Å². The van der Waals surface area contributed by atoms with E-state index in [-0.39, 0.29) is 5.54 Å². The Balaban J connectivity index is 2.39. The van der Waals surface area contributed by atoms with E-state index in [9.17, 15) is 0 Å². The molecule has 4 nitrogen and oxygen atoms in total. The summed E-state index contributed by atoms with van der Waals surface area (Å²) in [6.45, 7) is 8.63. The highest BCUT2D eigenvalue weighted by Gasteiger charge is 2.23. The van der Waals surface area contributed by atoms with Crippen molar-refractivity contribution in [3.63, 3.8) is 0 Å². The zero-order chi connectivity index (χ0) is 14.8. The Bertz CT molecular complexity index is 578. The van der Waals surface area contributed by atoms with Gasteiger partial charge < -0.3 is 5.32 Å². The lowest BCUT2D eigenvalue weighted by atomic mass is 9.95. The van der Waals surface area contributed by atoms with E-state index in [4.69, 9.17) is 11.6 Å². The molecule has 0 bridgehead atoms. The average molecular weight is 295 g/mol. The van der Waals surface area contributed by atoms with Crippen molar-refractivity contribution < 1.29 is 0 Å². The van der Waals surface area contributed by atoms with E-state index in [0.717, 1.165) is 29.9 Å². The van der Waals surface area contributed by atoms with Gasteiger partial charge in [-0.2, -0.15) is 5.10 Å². The second kappa shape index (κ2) is 6.00. The Labute approximate surface area is 125 Å². The van der Waals surface area contributed by atoms with Crippen LogP contribution in [0.4, 0.5) is 5.82 Å². The Morgan fingerprint density at radius 1 is 1.45 bits per heavy atom. The molecule has 2 rings (SSSR count). The van der Waals surface area contributed by atoms with Crippen LogP contribution in [0.15, 0.2) is 18.5 Å². The zero-order valence-electron chi connectivity index (χ0n) is 12.7. The highest BCUT2D eigenvalue weighted by Crippen LogP contribution is 2.25. The summed E-state index contributed by atoms with van der Waals surface area (Å²) in [6.07, 6.45) is 5.56. The molecular formula is C15H23ClN4. The number of rotatable bonds is 6. The molecule has 0 radical (unpaired) electrons. The average Bonchev–Trinajstić information content (AvgIpc) is 2.84. The van der Waals surface area contributed by atoms with Crippen LogP contribution in [0.5, 0.6) is 0 Å². The van der Waals surface area contributed by atoms with Gasteiger partial charge in [0.2, 0.25) is 0 Å². The van der Waals surface area contributed by atoms with Crippen LogP contribution < -0.4 is 5.32 Å². The fraction of sp³-hybridized carbons (Fsp3) is 0.600. The first kappa shape index (κ1) is 15.1. The van der Waals surface area contributed by atoms with E-state index in [1.54, 1.807) is 6.20 Å². The standard InChI is InChI=1S/C15H23ClN4/c1-5-15(4,6-7-16)18-14-13-10-12(11(2)3)19-20(13)9-8-17-14/h8-11H,5-7H2,1-4H3,(H,17,18). The van der Waals surface area contributed by atoms with Crippen LogP contribution >= 0.6 is 11.6 Å². The van der Waals surface area contributed by atoms with Gasteiger partial charge in [-0.05, 0) is 31.7 Å². The van der Waals surface area contributed by atoms with Gasteiger partial charge >= 0.3 is 0 Å². The molecule has 0 saturated heterocycles. The third kappa shape index (κ3) is 3.06. The summed E-state index contributed by atoms with van der Waals surface area (Å²) < 4.78 is 1.89. The molecule has 1 unspecified atom stereocenters. The van der Waals surface area contributed by atoms with Crippen LogP contribution in [0, 0.1) is 0 Å². The van der Waals surface area contributed by atoms with Crippen LogP contribution in [0.3, 0.4) is 0 Å². The number of nitrogens with zero attached hydrogens (tertiary/aromatic N) is 3. The van der Waals surface area contributed by atoms with E-state index in [0.29, 0.717) is 11.8 Å². The summed E-state index contributed by atoms with van der Waals surface area (Å²) in [5.74, 6) is 1.92. The first-order valence-electron chi connectivity index (χ1n) is 7.17. The van der Waals surface area contributed by atoms with Gasteiger partial charge in [-0.1, -0.05) is 20.8 Å². The normalized spacial score (nSPS) is 14.7. The molecule has 2 aromatic rings. The molecule has 20 heavy (non-hydrogen) atoms. The lowest BCUT2D eigenvalue weighted by molar-refractivity contribution is 0.479. The summed E-state index contributed by atoms with van der Waals surface area (Å²) in [5.41, 5.74) is 2.06. The minimum Gasteiger partial charge on any atom is -0.363 e. The molecule has 0 aliphatic rings. The molecule has 0 amide bonds. The molecule has 0 saturated carbocycles. The molecule has 0 aliphatic carbocycles. The van der Waals surface area contributed by atoms with E-state index in [1.807, 2.05) is 10.7 Å². The summed E-state index contributed by atoms with van der Waals surface area (Å²) in [7, 11) is 0. The Kier molecular flexibility index (Phi) is 4.53. The largest absolute Gasteiger partial charge is 0.363 e. The van der Waals surface area contributed by atoms with Gasteiger partial charge in [-0.3, -0.25) is 0 Å². The van der Waals surface area contributed by atoms with Gasteiger partial charge in [-0.15, -0.1) is 11.6 Å². The quantitative estimate of drug-likeness (QED) is 0.817. The number of fused-ring (bicyclic) bond motifs is 1. The SMILES string of the molecule is CCC(C)(CCCl)Nc1nccn2nc(C(C)C)cc12. The third-order valence-electron chi connectivity index (χ3n) is 3.85. The zero-order valence-corrected chi connectivity index (χ0v) is 13.4. The number of nitrogens with one attached hydrogen (secondary N) is 1. The van der Waals surface area contributed by atoms with Crippen LogP contribution in [0.2, 0.25) is 0 Å². The van der Waals surface area contributed by atoms with Crippen LogP contribution in [0.1, 0.15) is 52.1 Å². The fourth-order valence-corrected chi connectivity index (χ4v) is 2.56. The number of anilines is 1. The Morgan fingerprint density at radius 3 is 2.80 bits per heavy atom. The number of hydrogen-bond donors (Lipinski definition) is 1. The van der Waals surface area contributed by atoms with Gasteiger partial charge in [0.05, 0.1) is 5.69 Å². The molecule has 110 valence electrons. The number of aromatic nitrogens is 3. The van der Waals surface area contributed by atoms with Crippen molar-refractivity contribution in [3.05, 3.63) is 24.2 Å². The lowest BCUT2D eigenvalue weighted by Crippen LogP contribution is -2.35. The first-order chi connectivity index (χ1) is 9.49. The maximum atomic E-state index is 5.92. The van der Waals surface area contributed by atoms with Crippen molar-refractivity contribution in [1.29, 1.82) is 0 Å². The molecule has 1 N–H and O–H groups in total. The van der Waals surface area contributed by atoms with E-state index in [2.05, 4.69) is 49.2 Å². The molecule has 2 heterocycles. The minimum atomic E-state index is -0.0428. The molecule has 2 aromatic heterocycles. The Morgan fingerprint density at radius 2 is 2.20 bits per heavy atom. The predicted molar refractivity (Wildman–Crippen MR) is 84.7 cm³/mol. The van der Waals surface area contributed by atoms with Crippen LogP contribution in [-0.2, 0) is 0 Å². The van der Waals surface area contributed by atoms with E-state index in [1.165, 1.54) is 0 Å². The fourth-order valence-electron chi connectivity index (χ4n) is 2.14. The number of halogens is 1. The number of alkyl halides is 1. The molecule has 0 aromatic carbocycles. The van der Waals surface area contributed by atoms with Crippen molar-refractivity contribution in [3.8, 4) is 0 Å². The predicted octanol–water partition coefficient (Wildman–Crippen LogP) is 4.06. The summed E-state index contributed by atoms with van der Waals surface area (Å²) in [6, 6.07) is 2.11. The van der Waals surface area contributed by atoms with Crippen molar-refractivity contribution in [2.24, 2.45) is 0 Å². The molecule has 0 aliphatic heterocycles. The minimum absolute atomic E-state index is 0.0428. The van der Waals surface area contributed by atoms with Crippen molar-refractivity contribution >= 4 is 22.9 Å².